The molecule has 2 aromatic rings. The van der Waals surface area contributed by atoms with Gasteiger partial charge in [-0.25, -0.2) is 0 Å². The number of amides is 1. The van der Waals surface area contributed by atoms with Crippen molar-refractivity contribution in [1.82, 2.24) is 0 Å². The van der Waals surface area contributed by atoms with E-state index in [2.05, 4.69) is 21.2 Å². The molecule has 1 amide bonds. The fourth-order valence-corrected chi connectivity index (χ4v) is 2.10. The molecule has 1 N–H and O–H groups in total. The SMILES string of the molecule is Cc1ccc(OCCC(=O)OCC(=O)Nc2ccc(Br)cc2)cc1. The highest BCUT2D eigenvalue weighted by Crippen LogP contribution is 2.14. The summed E-state index contributed by atoms with van der Waals surface area (Å²) in [7, 11) is 0. The van der Waals surface area contributed by atoms with Crippen molar-refractivity contribution in [1.29, 1.82) is 0 Å². The largest absolute Gasteiger partial charge is 0.493 e. The van der Waals surface area contributed by atoms with Crippen LogP contribution in [0.5, 0.6) is 5.75 Å². The highest BCUT2D eigenvalue weighted by Gasteiger charge is 2.08. The summed E-state index contributed by atoms with van der Waals surface area (Å²) in [6, 6.07) is 14.7. The molecule has 0 aliphatic rings. The van der Waals surface area contributed by atoms with Gasteiger partial charge in [-0.1, -0.05) is 33.6 Å². The van der Waals surface area contributed by atoms with Crippen LogP contribution in [-0.2, 0) is 14.3 Å². The molecule has 0 bridgehead atoms. The number of benzene rings is 2. The monoisotopic (exact) mass is 391 g/mol. The first-order chi connectivity index (χ1) is 11.5. The molecule has 0 aliphatic carbocycles. The molecular formula is C18H18BrNO4. The molecule has 126 valence electrons. The van der Waals surface area contributed by atoms with Crippen LogP contribution in [0.2, 0.25) is 0 Å². The lowest BCUT2D eigenvalue weighted by Crippen LogP contribution is -2.21. The summed E-state index contributed by atoms with van der Waals surface area (Å²) in [5.74, 6) is -0.167. The van der Waals surface area contributed by atoms with Gasteiger partial charge in [0, 0.05) is 10.2 Å². The van der Waals surface area contributed by atoms with Gasteiger partial charge in [0.2, 0.25) is 0 Å². The third kappa shape index (κ3) is 6.42. The van der Waals surface area contributed by atoms with Crippen molar-refractivity contribution in [3.8, 4) is 5.75 Å². The Kier molecular flexibility index (Phi) is 6.81. The van der Waals surface area contributed by atoms with E-state index in [1.165, 1.54) is 0 Å². The molecule has 0 saturated carbocycles. The van der Waals surface area contributed by atoms with Crippen molar-refractivity contribution < 1.29 is 19.1 Å². The van der Waals surface area contributed by atoms with Crippen LogP contribution in [0, 0.1) is 6.92 Å². The van der Waals surface area contributed by atoms with E-state index in [4.69, 9.17) is 9.47 Å². The Balaban J connectivity index is 1.64. The quantitative estimate of drug-likeness (QED) is 0.730. The van der Waals surface area contributed by atoms with E-state index in [1.807, 2.05) is 43.3 Å². The average Bonchev–Trinajstić information content (AvgIpc) is 2.57. The van der Waals surface area contributed by atoms with Crippen molar-refractivity contribution in [3.63, 3.8) is 0 Å². The number of halogens is 1. The molecule has 6 heteroatoms. The van der Waals surface area contributed by atoms with Crippen LogP contribution in [0.3, 0.4) is 0 Å². The summed E-state index contributed by atoms with van der Waals surface area (Å²) in [4.78, 5) is 23.3. The van der Waals surface area contributed by atoms with E-state index < -0.39 is 5.97 Å². The molecule has 0 aliphatic heterocycles. The minimum absolute atomic E-state index is 0.0828. The third-order valence-electron chi connectivity index (χ3n) is 3.09. The highest BCUT2D eigenvalue weighted by molar-refractivity contribution is 9.10. The second-order valence-corrected chi connectivity index (χ2v) is 6.04. The summed E-state index contributed by atoms with van der Waals surface area (Å²) in [6.45, 7) is 1.87. The lowest BCUT2D eigenvalue weighted by atomic mass is 10.2. The zero-order valence-corrected chi connectivity index (χ0v) is 14.8. The topological polar surface area (TPSA) is 64.6 Å². The number of carbonyl (C=O) groups excluding carboxylic acids is 2. The van der Waals surface area contributed by atoms with E-state index in [9.17, 15) is 9.59 Å². The molecule has 0 spiro atoms. The Morgan fingerprint density at radius 2 is 1.71 bits per heavy atom. The van der Waals surface area contributed by atoms with Gasteiger partial charge in [0.25, 0.3) is 5.91 Å². The number of carbonyl (C=O) groups is 2. The van der Waals surface area contributed by atoms with Gasteiger partial charge in [0.15, 0.2) is 6.61 Å². The van der Waals surface area contributed by atoms with Crippen LogP contribution >= 0.6 is 15.9 Å². The molecule has 0 heterocycles. The van der Waals surface area contributed by atoms with Crippen LogP contribution in [0.1, 0.15) is 12.0 Å². The van der Waals surface area contributed by atoms with E-state index in [1.54, 1.807) is 12.1 Å². The summed E-state index contributed by atoms with van der Waals surface area (Å²) >= 11 is 3.31. The molecular weight excluding hydrogens is 374 g/mol. The predicted octanol–water partition coefficient (Wildman–Crippen LogP) is 3.71. The first-order valence-electron chi connectivity index (χ1n) is 7.43. The first kappa shape index (κ1) is 18.0. The normalized spacial score (nSPS) is 10.1. The van der Waals surface area contributed by atoms with Crippen molar-refractivity contribution in [3.05, 3.63) is 58.6 Å². The fraction of sp³-hybridized carbons (Fsp3) is 0.222. The molecule has 0 radical (unpaired) electrons. The maximum Gasteiger partial charge on any atom is 0.309 e. The van der Waals surface area contributed by atoms with Crippen molar-refractivity contribution in [2.75, 3.05) is 18.5 Å². The smallest absolute Gasteiger partial charge is 0.309 e. The van der Waals surface area contributed by atoms with Crippen molar-refractivity contribution in [2.45, 2.75) is 13.3 Å². The number of ether oxygens (including phenoxy) is 2. The second kappa shape index (κ2) is 9.08. The van der Waals surface area contributed by atoms with Crippen LogP contribution in [0.4, 0.5) is 5.69 Å². The van der Waals surface area contributed by atoms with E-state index >= 15 is 0 Å². The number of rotatable bonds is 7. The number of esters is 1. The number of nitrogens with one attached hydrogen (secondary N) is 1. The Bertz CT molecular complexity index is 683. The summed E-state index contributed by atoms with van der Waals surface area (Å²) in [5, 5.41) is 2.64. The lowest BCUT2D eigenvalue weighted by molar-refractivity contribution is -0.147. The van der Waals surface area contributed by atoms with Gasteiger partial charge in [0.05, 0.1) is 13.0 Å². The second-order valence-electron chi connectivity index (χ2n) is 5.13. The van der Waals surface area contributed by atoms with Gasteiger partial charge in [-0.2, -0.15) is 0 Å². The molecule has 24 heavy (non-hydrogen) atoms. The molecule has 0 unspecified atom stereocenters. The minimum atomic E-state index is -0.479. The molecule has 0 saturated heterocycles. The maximum atomic E-state index is 11.7. The van der Waals surface area contributed by atoms with Crippen molar-refractivity contribution in [2.24, 2.45) is 0 Å². The zero-order chi connectivity index (χ0) is 17.4. The minimum Gasteiger partial charge on any atom is -0.493 e. The molecule has 2 rings (SSSR count). The predicted molar refractivity (Wildman–Crippen MR) is 95.0 cm³/mol. The van der Waals surface area contributed by atoms with E-state index in [-0.39, 0.29) is 25.5 Å². The Labute approximate surface area is 149 Å². The number of aryl methyl sites for hydroxylation is 1. The number of hydrogen-bond donors (Lipinski definition) is 1. The van der Waals surface area contributed by atoms with Gasteiger partial charge in [0.1, 0.15) is 5.75 Å². The Morgan fingerprint density at radius 3 is 2.38 bits per heavy atom. The lowest BCUT2D eigenvalue weighted by Gasteiger charge is -2.08. The number of hydrogen-bond acceptors (Lipinski definition) is 4. The average molecular weight is 392 g/mol. The summed E-state index contributed by atoms with van der Waals surface area (Å²) < 4.78 is 11.3. The summed E-state index contributed by atoms with van der Waals surface area (Å²) in [6.07, 6.45) is 0.0828. The first-order valence-corrected chi connectivity index (χ1v) is 8.23. The molecule has 2 aromatic carbocycles. The molecule has 0 aromatic heterocycles. The van der Waals surface area contributed by atoms with Crippen LogP contribution < -0.4 is 10.1 Å². The molecule has 5 nitrogen and oxygen atoms in total. The highest BCUT2D eigenvalue weighted by atomic mass is 79.9. The number of anilines is 1. The van der Waals surface area contributed by atoms with Gasteiger partial charge >= 0.3 is 5.97 Å². The van der Waals surface area contributed by atoms with Crippen molar-refractivity contribution >= 4 is 33.5 Å². The van der Waals surface area contributed by atoms with Crippen LogP contribution in [0.25, 0.3) is 0 Å². The van der Waals surface area contributed by atoms with Gasteiger partial charge in [-0.15, -0.1) is 0 Å². The Morgan fingerprint density at radius 1 is 1.04 bits per heavy atom. The summed E-state index contributed by atoms with van der Waals surface area (Å²) in [5.41, 5.74) is 1.78. The maximum absolute atomic E-state index is 11.7. The van der Waals surface area contributed by atoms with E-state index in [0.29, 0.717) is 11.4 Å². The molecule has 0 fully saturated rings. The standard InChI is InChI=1S/C18H18BrNO4/c1-13-2-8-16(9-3-13)23-11-10-18(22)24-12-17(21)20-15-6-4-14(19)5-7-15/h2-9H,10-12H2,1H3,(H,20,21). The zero-order valence-electron chi connectivity index (χ0n) is 13.3. The van der Waals surface area contributed by atoms with Crippen LogP contribution in [-0.4, -0.2) is 25.1 Å². The van der Waals surface area contributed by atoms with Gasteiger partial charge < -0.3 is 14.8 Å². The fourth-order valence-electron chi connectivity index (χ4n) is 1.84. The Hall–Kier alpha value is -2.34. The van der Waals surface area contributed by atoms with Crippen LogP contribution in [0.15, 0.2) is 53.0 Å². The van der Waals surface area contributed by atoms with Gasteiger partial charge in [-0.05, 0) is 43.3 Å². The van der Waals surface area contributed by atoms with E-state index in [0.717, 1.165) is 10.0 Å². The third-order valence-corrected chi connectivity index (χ3v) is 3.62. The van der Waals surface area contributed by atoms with Gasteiger partial charge in [-0.3, -0.25) is 9.59 Å². The molecule has 0 atom stereocenters.